The van der Waals surface area contributed by atoms with Gasteiger partial charge in [0.25, 0.3) is 0 Å². The number of hydrogen-bond donors (Lipinski definition) is 0. The fourth-order valence-electron chi connectivity index (χ4n) is 14.6. The van der Waals surface area contributed by atoms with Crippen molar-refractivity contribution in [3.8, 4) is 33.4 Å². The maximum absolute atomic E-state index is 2.69. The second-order valence-corrected chi connectivity index (χ2v) is 22.1. The Balaban J connectivity index is 0.986. The van der Waals surface area contributed by atoms with Crippen LogP contribution in [0.3, 0.4) is 0 Å². The Morgan fingerprint density at radius 1 is 0.373 bits per heavy atom. The fraction of sp³-hybridized carbons (Fsp3) is 0.262. The van der Waals surface area contributed by atoms with Gasteiger partial charge in [0.1, 0.15) is 0 Å². The van der Waals surface area contributed by atoms with E-state index in [0.29, 0.717) is 11.8 Å². The standard InChI is InChI=1S/C65H60N2/c1-61(2)37-35-55-53-41-45(29-33-59(53)66(63(55,61)5)49-23-15-9-16-24-49)43-27-31-57-51(39-43)52-40-44(28-32-58(52)65(57,47-19-11-7-12-20-47)48-21-13-8-14-22-48)46-30-34-60-54(42-46)56-36-38-62(3,4)64(56,6)67(60)50-25-17-10-18-26-50/h7-34,39-42,55-56H,35-38H2,1-6H3. The minimum atomic E-state index is -0.471. The van der Waals surface area contributed by atoms with Gasteiger partial charge in [0.15, 0.2) is 0 Å². The summed E-state index contributed by atoms with van der Waals surface area (Å²) in [5.74, 6) is 0.916. The van der Waals surface area contributed by atoms with Gasteiger partial charge < -0.3 is 9.80 Å². The molecule has 0 spiro atoms. The summed E-state index contributed by atoms with van der Waals surface area (Å²) < 4.78 is 0. The molecule has 0 amide bonds. The molecule has 2 fully saturated rings. The molecule has 0 radical (unpaired) electrons. The van der Waals surface area contributed by atoms with Crippen LogP contribution in [0.1, 0.15) is 112 Å². The van der Waals surface area contributed by atoms with Crippen molar-refractivity contribution in [3.63, 3.8) is 0 Å². The van der Waals surface area contributed by atoms with Crippen LogP contribution >= 0.6 is 0 Å². The van der Waals surface area contributed by atoms with Crippen LogP contribution in [0.25, 0.3) is 33.4 Å². The van der Waals surface area contributed by atoms with E-state index in [-0.39, 0.29) is 21.9 Å². The van der Waals surface area contributed by atoms with Crippen LogP contribution in [0.15, 0.2) is 194 Å². The second kappa shape index (κ2) is 14.2. The molecule has 0 aromatic heterocycles. The van der Waals surface area contributed by atoms with Gasteiger partial charge in [-0.2, -0.15) is 0 Å². The lowest BCUT2D eigenvalue weighted by molar-refractivity contribution is 0.222. The first-order chi connectivity index (χ1) is 32.5. The predicted octanol–water partition coefficient (Wildman–Crippen LogP) is 17.0. The van der Waals surface area contributed by atoms with Gasteiger partial charge in [-0.25, -0.2) is 0 Å². The number of fused-ring (bicyclic) bond motifs is 9. The first-order valence-electron chi connectivity index (χ1n) is 24.9. The molecule has 67 heavy (non-hydrogen) atoms. The Bertz CT molecular complexity index is 3020. The van der Waals surface area contributed by atoms with Gasteiger partial charge in [0, 0.05) is 34.6 Å². The lowest BCUT2D eigenvalue weighted by atomic mass is 9.67. The van der Waals surface area contributed by atoms with Crippen LogP contribution in [-0.2, 0) is 5.41 Å². The highest BCUT2D eigenvalue weighted by Crippen LogP contribution is 2.67. The lowest BCUT2D eigenvalue weighted by Gasteiger charge is -2.47. The SMILES string of the molecule is CC1(C)CCC2c3cc(-c4ccc5c(c4)-c4cc(-c6ccc7c(c6)C6CCC(C)(C)C6(C)N7c6ccccc6)ccc4C5(c4ccccc4)c4ccccc4)ccc3N(c3ccccc3)C21C. The largest absolute Gasteiger partial charge is 0.334 e. The molecule has 2 nitrogen and oxygen atoms in total. The van der Waals surface area contributed by atoms with Crippen molar-refractivity contribution in [1.82, 2.24) is 0 Å². The van der Waals surface area contributed by atoms with Crippen molar-refractivity contribution >= 4 is 22.7 Å². The van der Waals surface area contributed by atoms with E-state index in [1.165, 1.54) is 115 Å². The molecule has 0 bridgehead atoms. The molecule has 2 saturated carbocycles. The summed E-state index contributed by atoms with van der Waals surface area (Å²) in [6.45, 7) is 15.0. The first-order valence-corrected chi connectivity index (χ1v) is 24.9. The molecule has 2 heteroatoms. The molecule has 4 atom stereocenters. The van der Waals surface area contributed by atoms with Crippen LogP contribution < -0.4 is 9.80 Å². The van der Waals surface area contributed by atoms with Crippen LogP contribution in [0.2, 0.25) is 0 Å². The highest BCUT2D eigenvalue weighted by Gasteiger charge is 2.62. The van der Waals surface area contributed by atoms with E-state index in [1.54, 1.807) is 0 Å². The van der Waals surface area contributed by atoms with E-state index in [9.17, 15) is 0 Å². The van der Waals surface area contributed by atoms with E-state index in [1.807, 2.05) is 0 Å². The maximum atomic E-state index is 2.69. The average molecular weight is 869 g/mol. The molecular weight excluding hydrogens is 809 g/mol. The third-order valence-corrected chi connectivity index (χ3v) is 18.7. The summed E-state index contributed by atoms with van der Waals surface area (Å²) in [6, 6.07) is 74.3. The number of para-hydroxylation sites is 2. The van der Waals surface area contributed by atoms with Gasteiger partial charge in [0.2, 0.25) is 0 Å². The van der Waals surface area contributed by atoms with Gasteiger partial charge in [0.05, 0.1) is 16.5 Å². The average Bonchev–Trinajstić information content (AvgIpc) is 4.05. The fourth-order valence-corrected chi connectivity index (χ4v) is 14.6. The van der Waals surface area contributed by atoms with Crippen molar-refractivity contribution in [2.45, 2.75) is 95.6 Å². The van der Waals surface area contributed by atoms with Crippen molar-refractivity contribution in [2.75, 3.05) is 9.80 Å². The van der Waals surface area contributed by atoms with Gasteiger partial charge in [-0.05, 0) is 178 Å². The molecule has 8 aromatic rings. The summed E-state index contributed by atoms with van der Waals surface area (Å²) in [7, 11) is 0. The van der Waals surface area contributed by atoms with Crippen molar-refractivity contribution in [3.05, 3.63) is 228 Å². The molecule has 2 aliphatic heterocycles. The van der Waals surface area contributed by atoms with Crippen molar-refractivity contribution in [1.29, 1.82) is 0 Å². The Hall–Kier alpha value is -6.64. The van der Waals surface area contributed by atoms with E-state index < -0.39 is 5.41 Å². The zero-order valence-electron chi connectivity index (χ0n) is 39.9. The quantitative estimate of drug-likeness (QED) is 0.164. The van der Waals surface area contributed by atoms with Crippen LogP contribution in [-0.4, -0.2) is 11.1 Å². The molecule has 3 aliphatic carbocycles. The van der Waals surface area contributed by atoms with Gasteiger partial charge >= 0.3 is 0 Å². The molecule has 5 aliphatic rings. The zero-order chi connectivity index (χ0) is 45.5. The summed E-state index contributed by atoms with van der Waals surface area (Å²) in [5.41, 5.74) is 21.2. The van der Waals surface area contributed by atoms with Crippen molar-refractivity contribution in [2.24, 2.45) is 10.8 Å². The maximum Gasteiger partial charge on any atom is 0.0713 e. The van der Waals surface area contributed by atoms with E-state index in [2.05, 4.69) is 245 Å². The van der Waals surface area contributed by atoms with Crippen LogP contribution in [0, 0.1) is 10.8 Å². The van der Waals surface area contributed by atoms with E-state index in [4.69, 9.17) is 0 Å². The Kier molecular flexibility index (Phi) is 8.60. The normalized spacial score (nSPS) is 24.1. The topological polar surface area (TPSA) is 6.48 Å². The molecule has 8 aromatic carbocycles. The Labute approximate surface area is 398 Å². The molecule has 13 rings (SSSR count). The summed E-state index contributed by atoms with van der Waals surface area (Å²) in [4.78, 5) is 5.37. The van der Waals surface area contributed by atoms with E-state index in [0.717, 1.165) is 0 Å². The lowest BCUT2D eigenvalue weighted by Crippen LogP contribution is -2.50. The predicted molar refractivity (Wildman–Crippen MR) is 280 cm³/mol. The minimum Gasteiger partial charge on any atom is -0.334 e. The minimum absolute atomic E-state index is 0.0163. The first kappa shape index (κ1) is 40.6. The Morgan fingerprint density at radius 2 is 0.716 bits per heavy atom. The Morgan fingerprint density at radius 3 is 1.10 bits per heavy atom. The summed E-state index contributed by atoms with van der Waals surface area (Å²) >= 11 is 0. The number of hydrogen-bond acceptors (Lipinski definition) is 2. The molecule has 0 N–H and O–H groups in total. The second-order valence-electron chi connectivity index (χ2n) is 22.1. The van der Waals surface area contributed by atoms with Crippen molar-refractivity contribution < 1.29 is 0 Å². The van der Waals surface area contributed by atoms with Gasteiger partial charge in [-0.15, -0.1) is 0 Å². The third-order valence-electron chi connectivity index (χ3n) is 18.7. The molecule has 330 valence electrons. The van der Waals surface area contributed by atoms with Crippen LogP contribution in [0.5, 0.6) is 0 Å². The zero-order valence-corrected chi connectivity index (χ0v) is 39.9. The summed E-state index contributed by atoms with van der Waals surface area (Å²) in [6.07, 6.45) is 4.83. The van der Waals surface area contributed by atoms with E-state index >= 15 is 0 Å². The smallest absolute Gasteiger partial charge is 0.0713 e. The van der Waals surface area contributed by atoms with Gasteiger partial charge in [-0.1, -0.05) is 161 Å². The molecular formula is C65H60N2. The number of benzene rings is 8. The molecule has 0 saturated heterocycles. The molecule has 2 heterocycles. The summed E-state index contributed by atoms with van der Waals surface area (Å²) in [5, 5.41) is 0. The van der Waals surface area contributed by atoms with Crippen LogP contribution in [0.4, 0.5) is 22.7 Å². The highest BCUT2D eigenvalue weighted by atomic mass is 15.3. The number of anilines is 4. The van der Waals surface area contributed by atoms with Gasteiger partial charge in [-0.3, -0.25) is 0 Å². The molecule has 4 unspecified atom stereocenters. The third kappa shape index (κ3) is 5.33. The highest BCUT2D eigenvalue weighted by molar-refractivity contribution is 5.92. The monoisotopic (exact) mass is 868 g/mol. The number of rotatable bonds is 6. The number of nitrogens with zero attached hydrogens (tertiary/aromatic N) is 2.